The molecule has 1 saturated carbocycles. The average Bonchev–Trinajstić information content (AvgIpc) is 2.71. The first-order chi connectivity index (χ1) is 14.8. The third kappa shape index (κ3) is 7.03. The van der Waals surface area contributed by atoms with Crippen LogP contribution in [0.15, 0.2) is 12.1 Å². The third-order valence-electron chi connectivity index (χ3n) is 7.80. The van der Waals surface area contributed by atoms with E-state index in [9.17, 15) is 22.0 Å². The second-order valence-corrected chi connectivity index (χ2v) is 13.5. The van der Waals surface area contributed by atoms with Crippen LogP contribution in [0.25, 0.3) is 0 Å². The van der Waals surface area contributed by atoms with Gasteiger partial charge in [0.05, 0.1) is 0 Å². The Morgan fingerprint density at radius 3 is 1.90 bits per heavy atom. The molecule has 1 aliphatic carbocycles. The maximum atomic E-state index is 13.9. The first-order valence-electron chi connectivity index (χ1n) is 12.3. The number of benzene rings is 1. The number of unbranched alkanes of at least 4 members (excludes halogenated alkanes) is 1. The van der Waals surface area contributed by atoms with Crippen LogP contribution in [0.4, 0.5) is 22.0 Å². The van der Waals surface area contributed by atoms with Gasteiger partial charge in [-0.25, -0.2) is 8.78 Å². The number of hydrogen-bond acceptors (Lipinski definition) is 0. The van der Waals surface area contributed by atoms with E-state index < -0.39 is 32.2 Å². The molecule has 2 fully saturated rings. The number of rotatable bonds is 8. The molecular formula is C25H37F5Si. The van der Waals surface area contributed by atoms with Crippen LogP contribution in [-0.4, -0.2) is 8.80 Å². The highest BCUT2D eigenvalue weighted by molar-refractivity contribution is 6.59. The molecule has 6 heteroatoms. The van der Waals surface area contributed by atoms with Gasteiger partial charge in [-0.05, 0) is 48.3 Å². The lowest BCUT2D eigenvalue weighted by Gasteiger charge is -2.29. The zero-order chi connectivity index (χ0) is 22.4. The molecule has 0 atom stereocenters. The summed E-state index contributed by atoms with van der Waals surface area (Å²) in [5.41, 5.74) is -1.37. The molecule has 0 amide bonds. The smallest absolute Gasteiger partial charge is 0.206 e. The Balaban J connectivity index is 1.37. The molecule has 0 unspecified atom stereocenters. The van der Waals surface area contributed by atoms with Crippen LogP contribution in [0, 0.1) is 23.5 Å². The highest BCUT2D eigenvalue weighted by Crippen LogP contribution is 2.40. The van der Waals surface area contributed by atoms with Crippen LogP contribution >= 0.6 is 0 Å². The minimum atomic E-state index is -4.99. The maximum absolute atomic E-state index is 13.9. The van der Waals surface area contributed by atoms with Crippen molar-refractivity contribution in [3.05, 3.63) is 34.9 Å². The molecule has 1 heterocycles. The molecule has 31 heavy (non-hydrogen) atoms. The molecule has 2 aliphatic rings. The van der Waals surface area contributed by atoms with E-state index in [4.69, 9.17) is 0 Å². The second kappa shape index (κ2) is 11.3. The zero-order valence-electron chi connectivity index (χ0n) is 18.8. The first-order valence-corrected chi connectivity index (χ1v) is 14.8. The van der Waals surface area contributed by atoms with E-state index in [-0.39, 0.29) is 5.92 Å². The molecule has 0 spiro atoms. The minimum absolute atomic E-state index is 0.00617. The van der Waals surface area contributed by atoms with Crippen molar-refractivity contribution < 1.29 is 22.0 Å². The predicted molar refractivity (Wildman–Crippen MR) is 119 cm³/mol. The zero-order valence-corrected chi connectivity index (χ0v) is 19.9. The quantitative estimate of drug-likeness (QED) is 0.206. The Labute approximate surface area is 185 Å². The van der Waals surface area contributed by atoms with Gasteiger partial charge in [-0.3, -0.25) is 0 Å². The van der Waals surface area contributed by atoms with Crippen molar-refractivity contribution in [2.45, 2.75) is 108 Å². The molecule has 0 bridgehead atoms. The summed E-state index contributed by atoms with van der Waals surface area (Å²) >= 11 is 0. The van der Waals surface area contributed by atoms with Crippen molar-refractivity contribution in [1.29, 1.82) is 0 Å². The summed E-state index contributed by atoms with van der Waals surface area (Å²) < 4.78 is 66.1. The Kier molecular flexibility index (Phi) is 9.00. The highest BCUT2D eigenvalue weighted by atomic mass is 28.3. The molecule has 176 valence electrons. The van der Waals surface area contributed by atoms with Crippen molar-refractivity contribution in [3.63, 3.8) is 0 Å². The van der Waals surface area contributed by atoms with Gasteiger partial charge >= 0.3 is 6.18 Å². The van der Waals surface area contributed by atoms with E-state index in [1.54, 1.807) is 0 Å². The van der Waals surface area contributed by atoms with E-state index in [1.165, 1.54) is 63.8 Å². The average molecular weight is 461 g/mol. The molecule has 1 saturated heterocycles. The lowest BCUT2D eigenvalue weighted by Crippen LogP contribution is -2.21. The fraction of sp³-hybridized carbons (Fsp3) is 0.760. The Morgan fingerprint density at radius 1 is 0.839 bits per heavy atom. The SMILES string of the molecule is CCC[C@H]1CC[C@H](CCCC[Si@H]2CC[C@H](c3cc(F)c(C(F)(F)F)c(F)c3)CC2)CC1. The summed E-state index contributed by atoms with van der Waals surface area (Å²) in [5.74, 6) is -1.07. The summed E-state index contributed by atoms with van der Waals surface area (Å²) in [7, 11) is -0.811. The van der Waals surface area contributed by atoms with E-state index in [0.29, 0.717) is 5.56 Å². The Bertz CT molecular complexity index is 663. The second-order valence-electron chi connectivity index (χ2n) is 10.0. The summed E-state index contributed by atoms with van der Waals surface area (Å²) in [6.45, 7) is 2.28. The van der Waals surface area contributed by atoms with Crippen LogP contribution in [0.1, 0.15) is 94.6 Å². The van der Waals surface area contributed by atoms with Gasteiger partial charge in [-0.1, -0.05) is 82.8 Å². The van der Waals surface area contributed by atoms with Crippen LogP contribution in [-0.2, 0) is 6.18 Å². The molecule has 0 radical (unpaired) electrons. The number of alkyl halides is 3. The van der Waals surface area contributed by atoms with Gasteiger partial charge in [-0.2, -0.15) is 13.2 Å². The van der Waals surface area contributed by atoms with E-state index in [0.717, 1.165) is 48.9 Å². The van der Waals surface area contributed by atoms with E-state index in [2.05, 4.69) is 6.92 Å². The van der Waals surface area contributed by atoms with Gasteiger partial charge in [0.15, 0.2) is 0 Å². The first kappa shape index (κ1) is 24.7. The van der Waals surface area contributed by atoms with E-state index in [1.807, 2.05) is 0 Å². The van der Waals surface area contributed by atoms with Crippen LogP contribution < -0.4 is 0 Å². The Hall–Kier alpha value is -0.913. The number of halogens is 5. The summed E-state index contributed by atoms with van der Waals surface area (Å²) in [6, 6.07) is 5.43. The van der Waals surface area contributed by atoms with Crippen molar-refractivity contribution >= 4 is 8.80 Å². The van der Waals surface area contributed by atoms with Crippen molar-refractivity contribution in [1.82, 2.24) is 0 Å². The molecule has 0 N–H and O–H groups in total. The van der Waals surface area contributed by atoms with E-state index >= 15 is 0 Å². The molecular weight excluding hydrogens is 423 g/mol. The maximum Gasteiger partial charge on any atom is 0.422 e. The summed E-state index contributed by atoms with van der Waals surface area (Å²) in [4.78, 5) is 0. The Morgan fingerprint density at radius 2 is 1.39 bits per heavy atom. The molecule has 1 aromatic rings. The van der Waals surface area contributed by atoms with Gasteiger partial charge in [-0.15, -0.1) is 0 Å². The number of hydrogen-bond donors (Lipinski definition) is 0. The van der Waals surface area contributed by atoms with Crippen molar-refractivity contribution in [2.75, 3.05) is 0 Å². The third-order valence-corrected chi connectivity index (χ3v) is 11.3. The minimum Gasteiger partial charge on any atom is -0.206 e. The van der Waals surface area contributed by atoms with Crippen molar-refractivity contribution in [2.24, 2.45) is 11.8 Å². The van der Waals surface area contributed by atoms with Gasteiger partial charge in [0.1, 0.15) is 17.2 Å². The molecule has 0 aromatic heterocycles. The molecule has 0 nitrogen and oxygen atoms in total. The highest BCUT2D eigenvalue weighted by Gasteiger charge is 2.38. The van der Waals surface area contributed by atoms with Crippen LogP contribution in [0.2, 0.25) is 18.1 Å². The standard InChI is InChI=1S/C25H37F5Si/c1-2-5-18-7-9-19(10-8-18)6-3-4-13-31-14-11-20(12-15-31)21-16-22(26)24(23(27)17-21)25(28,29)30/h16-20,31H,2-15H2,1H3/t18-,19-,20-,31-. The van der Waals surface area contributed by atoms with Gasteiger partial charge in [0, 0.05) is 8.80 Å². The fourth-order valence-electron chi connectivity index (χ4n) is 5.97. The fourth-order valence-corrected chi connectivity index (χ4v) is 9.45. The van der Waals surface area contributed by atoms with Gasteiger partial charge in [0.2, 0.25) is 0 Å². The van der Waals surface area contributed by atoms with Crippen LogP contribution in [0.5, 0.6) is 0 Å². The molecule has 1 aliphatic heterocycles. The molecule has 1 aromatic carbocycles. The lowest BCUT2D eigenvalue weighted by molar-refractivity contribution is -0.142. The molecule has 3 rings (SSSR count). The van der Waals surface area contributed by atoms with Crippen molar-refractivity contribution in [3.8, 4) is 0 Å². The van der Waals surface area contributed by atoms with Gasteiger partial charge in [0.25, 0.3) is 0 Å². The van der Waals surface area contributed by atoms with Crippen LogP contribution in [0.3, 0.4) is 0 Å². The topological polar surface area (TPSA) is 0 Å². The normalized spacial score (nSPS) is 27.4. The largest absolute Gasteiger partial charge is 0.422 e. The monoisotopic (exact) mass is 460 g/mol. The van der Waals surface area contributed by atoms with Gasteiger partial charge < -0.3 is 0 Å². The lowest BCUT2D eigenvalue weighted by atomic mass is 9.78. The predicted octanol–water partition coefficient (Wildman–Crippen LogP) is 8.86. The summed E-state index contributed by atoms with van der Waals surface area (Å²) in [6.07, 6.45) is 9.10. The summed E-state index contributed by atoms with van der Waals surface area (Å²) in [5, 5.41) is 0.